The minimum Gasteiger partial charge on any atom is -0.396 e. The summed E-state index contributed by atoms with van der Waals surface area (Å²) >= 11 is 0. The number of hydrogen-bond acceptors (Lipinski definition) is 4. The topological polar surface area (TPSA) is 72.4 Å². The monoisotopic (exact) mass is 441 g/mol. The number of aryl methyl sites for hydroxylation is 2. The third-order valence-electron chi connectivity index (χ3n) is 5.20. The van der Waals surface area contributed by atoms with Crippen LogP contribution in [0, 0.1) is 0 Å². The molecule has 0 fully saturated rings. The van der Waals surface area contributed by atoms with Gasteiger partial charge in [-0.25, -0.2) is 4.98 Å². The first-order chi connectivity index (χ1) is 15.8. The largest absolute Gasteiger partial charge is 0.396 e. The number of benzene rings is 1. The van der Waals surface area contributed by atoms with Crippen molar-refractivity contribution in [3.63, 3.8) is 0 Å². The lowest BCUT2D eigenvalue weighted by Gasteiger charge is -2.08. The molecule has 3 aromatic rings. The molecule has 0 atom stereocenters. The Hall–Kier alpha value is -2.41. The molecule has 0 aliphatic carbocycles. The predicted octanol–water partition coefficient (Wildman–Crippen LogP) is 4.55. The van der Waals surface area contributed by atoms with Crippen molar-refractivity contribution in [3.8, 4) is 11.4 Å². The van der Waals surface area contributed by atoms with E-state index in [1.54, 1.807) is 6.20 Å². The van der Waals surface area contributed by atoms with E-state index >= 15 is 0 Å². The lowest BCUT2D eigenvalue weighted by Crippen LogP contribution is -2.08. The average molecular weight is 442 g/mol. The van der Waals surface area contributed by atoms with E-state index in [2.05, 4.69) is 34.8 Å². The fraction of sp³-hybridized carbons (Fsp3) is 0.500. The van der Waals surface area contributed by atoms with Gasteiger partial charge in [0.2, 0.25) is 0 Å². The van der Waals surface area contributed by atoms with Gasteiger partial charge in [0.15, 0.2) is 0 Å². The fourth-order valence-corrected chi connectivity index (χ4v) is 3.56. The van der Waals surface area contributed by atoms with Crippen molar-refractivity contribution in [3.05, 3.63) is 66.7 Å². The quantitative estimate of drug-likeness (QED) is 0.360. The van der Waals surface area contributed by atoms with Gasteiger partial charge in [-0.05, 0) is 31.4 Å². The zero-order chi connectivity index (χ0) is 22.9. The molecule has 2 aromatic heterocycles. The Morgan fingerprint density at radius 3 is 2.38 bits per heavy atom. The van der Waals surface area contributed by atoms with E-state index in [0.717, 1.165) is 37.3 Å². The SMILES string of the molecule is CCCc1cccn1CCCCCCO.OCCOCCn1ccnc1-c1ccccc1. The van der Waals surface area contributed by atoms with Gasteiger partial charge < -0.3 is 24.1 Å². The van der Waals surface area contributed by atoms with Crippen LogP contribution in [0.1, 0.15) is 44.7 Å². The van der Waals surface area contributed by atoms with Gasteiger partial charge in [-0.2, -0.15) is 0 Å². The Bertz CT molecular complexity index is 830. The number of aromatic nitrogens is 3. The third kappa shape index (κ3) is 9.39. The fourth-order valence-electron chi connectivity index (χ4n) is 3.56. The van der Waals surface area contributed by atoms with Gasteiger partial charge in [0.25, 0.3) is 0 Å². The number of rotatable bonds is 14. The first-order valence-electron chi connectivity index (χ1n) is 11.8. The van der Waals surface area contributed by atoms with Gasteiger partial charge in [0, 0.05) is 49.5 Å². The van der Waals surface area contributed by atoms with E-state index in [-0.39, 0.29) is 6.61 Å². The highest BCUT2D eigenvalue weighted by Crippen LogP contribution is 2.16. The zero-order valence-electron chi connectivity index (χ0n) is 19.4. The maximum Gasteiger partial charge on any atom is 0.139 e. The average Bonchev–Trinajstić information content (AvgIpc) is 3.47. The second-order valence-electron chi connectivity index (χ2n) is 7.73. The van der Waals surface area contributed by atoms with Crippen molar-refractivity contribution < 1.29 is 14.9 Å². The smallest absolute Gasteiger partial charge is 0.139 e. The molecule has 2 heterocycles. The van der Waals surface area contributed by atoms with Gasteiger partial charge >= 0.3 is 0 Å². The lowest BCUT2D eigenvalue weighted by atomic mass is 10.2. The summed E-state index contributed by atoms with van der Waals surface area (Å²) in [4.78, 5) is 4.34. The summed E-state index contributed by atoms with van der Waals surface area (Å²) in [5.74, 6) is 0.943. The van der Waals surface area contributed by atoms with Crippen LogP contribution in [0.5, 0.6) is 0 Å². The summed E-state index contributed by atoms with van der Waals surface area (Å²) in [5, 5.41) is 17.3. The van der Waals surface area contributed by atoms with Crippen LogP contribution in [0.2, 0.25) is 0 Å². The normalized spacial score (nSPS) is 10.7. The molecule has 0 amide bonds. The Labute approximate surface area is 192 Å². The summed E-state index contributed by atoms with van der Waals surface area (Å²) in [6.45, 7) is 5.46. The molecule has 0 saturated carbocycles. The lowest BCUT2D eigenvalue weighted by molar-refractivity contribution is 0.0872. The minimum absolute atomic E-state index is 0.0650. The van der Waals surface area contributed by atoms with Crippen LogP contribution in [-0.4, -0.2) is 50.8 Å². The van der Waals surface area contributed by atoms with E-state index in [9.17, 15) is 0 Å². The van der Waals surface area contributed by atoms with Crippen LogP contribution in [-0.2, 0) is 24.2 Å². The number of nitrogens with zero attached hydrogens (tertiary/aromatic N) is 3. The van der Waals surface area contributed by atoms with Crippen LogP contribution >= 0.6 is 0 Å². The molecule has 0 unspecified atom stereocenters. The number of unbranched alkanes of at least 4 members (excludes halogenated alkanes) is 3. The van der Waals surface area contributed by atoms with Crippen molar-refractivity contribution in [1.82, 2.24) is 14.1 Å². The van der Waals surface area contributed by atoms with E-state index in [1.165, 1.54) is 31.4 Å². The molecule has 1 aromatic carbocycles. The summed E-state index contributed by atoms with van der Waals surface area (Å²) in [6, 6.07) is 14.4. The van der Waals surface area contributed by atoms with Crippen molar-refractivity contribution >= 4 is 0 Å². The highest BCUT2D eigenvalue weighted by molar-refractivity contribution is 5.55. The first-order valence-corrected chi connectivity index (χ1v) is 11.8. The third-order valence-corrected chi connectivity index (χ3v) is 5.20. The molecule has 6 heteroatoms. The second kappa shape index (κ2) is 16.3. The van der Waals surface area contributed by atoms with Crippen molar-refractivity contribution in [2.45, 2.75) is 58.5 Å². The molecule has 0 aliphatic rings. The van der Waals surface area contributed by atoms with Gasteiger partial charge in [-0.1, -0.05) is 56.5 Å². The number of imidazole rings is 1. The summed E-state index contributed by atoms with van der Waals surface area (Å²) in [6.07, 6.45) is 12.9. The summed E-state index contributed by atoms with van der Waals surface area (Å²) in [7, 11) is 0. The first kappa shape index (κ1) is 25.8. The van der Waals surface area contributed by atoms with Crippen molar-refractivity contribution in [2.75, 3.05) is 26.4 Å². The number of aliphatic hydroxyl groups is 2. The molecule has 3 rings (SSSR count). The Morgan fingerprint density at radius 2 is 1.62 bits per heavy atom. The van der Waals surface area contributed by atoms with Crippen molar-refractivity contribution in [1.29, 1.82) is 0 Å². The van der Waals surface area contributed by atoms with E-state index < -0.39 is 0 Å². The summed E-state index contributed by atoms with van der Waals surface area (Å²) < 4.78 is 9.66. The molecule has 2 N–H and O–H groups in total. The summed E-state index contributed by atoms with van der Waals surface area (Å²) in [5.41, 5.74) is 2.55. The van der Waals surface area contributed by atoms with Crippen LogP contribution in [0.3, 0.4) is 0 Å². The highest BCUT2D eigenvalue weighted by Gasteiger charge is 2.04. The van der Waals surface area contributed by atoms with Crippen LogP contribution in [0.15, 0.2) is 61.1 Å². The maximum absolute atomic E-state index is 8.66. The molecule has 176 valence electrons. The molecular formula is C26H39N3O3. The zero-order valence-corrected chi connectivity index (χ0v) is 19.4. The molecule has 0 saturated heterocycles. The van der Waals surface area contributed by atoms with Crippen LogP contribution in [0.25, 0.3) is 11.4 Å². The standard InChI is InChI=1S/C13H16N2O2.C13H23NO/c16-9-11-17-10-8-15-7-6-14-13(15)12-4-2-1-3-5-12;1-2-8-13-9-7-11-14(13)10-5-3-4-6-12-15/h1-7,16H,8-11H2;7,9,11,15H,2-6,8,10,12H2,1H3. The van der Waals surface area contributed by atoms with E-state index in [0.29, 0.717) is 19.8 Å². The molecule has 6 nitrogen and oxygen atoms in total. The van der Waals surface area contributed by atoms with Crippen LogP contribution in [0.4, 0.5) is 0 Å². The van der Waals surface area contributed by atoms with Gasteiger partial charge in [-0.3, -0.25) is 0 Å². The minimum atomic E-state index is 0.0650. The van der Waals surface area contributed by atoms with Crippen molar-refractivity contribution in [2.24, 2.45) is 0 Å². The highest BCUT2D eigenvalue weighted by atomic mass is 16.5. The van der Waals surface area contributed by atoms with Gasteiger partial charge in [0.05, 0.1) is 19.8 Å². The van der Waals surface area contributed by atoms with Crippen LogP contribution < -0.4 is 0 Å². The van der Waals surface area contributed by atoms with E-state index in [4.69, 9.17) is 14.9 Å². The van der Waals surface area contributed by atoms with E-state index in [1.807, 2.05) is 41.1 Å². The molecule has 0 bridgehead atoms. The van der Waals surface area contributed by atoms with Gasteiger partial charge in [-0.15, -0.1) is 0 Å². The number of aliphatic hydroxyl groups excluding tert-OH is 2. The predicted molar refractivity (Wildman–Crippen MR) is 130 cm³/mol. The number of hydrogen-bond donors (Lipinski definition) is 2. The Balaban J connectivity index is 0.000000229. The number of ether oxygens (including phenoxy) is 1. The molecule has 32 heavy (non-hydrogen) atoms. The molecule has 0 aliphatic heterocycles. The Kier molecular flexibility index (Phi) is 13.1. The molecule has 0 radical (unpaired) electrons. The van der Waals surface area contributed by atoms with Gasteiger partial charge in [0.1, 0.15) is 5.82 Å². The second-order valence-corrected chi connectivity index (χ2v) is 7.73. The molecule has 0 spiro atoms. The molecular weight excluding hydrogens is 402 g/mol. The Morgan fingerprint density at radius 1 is 0.812 bits per heavy atom. The maximum atomic E-state index is 8.66.